The van der Waals surface area contributed by atoms with Gasteiger partial charge in [-0.2, -0.15) is 0 Å². The highest BCUT2D eigenvalue weighted by Gasteiger charge is 2.15. The number of nitrogens with zero attached hydrogens (tertiary/aromatic N) is 1. The Kier molecular flexibility index (Phi) is 10.3. The van der Waals surface area contributed by atoms with Crippen LogP contribution < -0.4 is 5.32 Å². The van der Waals surface area contributed by atoms with Gasteiger partial charge in [0.25, 0.3) is 0 Å². The number of hydrogen-bond donors (Lipinski definition) is 3. The molecule has 8 nitrogen and oxygen atoms in total. The summed E-state index contributed by atoms with van der Waals surface area (Å²) in [5, 5.41) is 17.7. The van der Waals surface area contributed by atoms with E-state index in [1.165, 1.54) is 5.56 Å². The molecular formula is C27H28N2O6. The number of para-hydroxylation sites is 1. The quantitative estimate of drug-likeness (QED) is 0.334. The molecule has 3 N–H and O–H groups in total. The molecule has 0 aliphatic heterocycles. The number of carbonyl (C=O) groups is 4. The van der Waals surface area contributed by atoms with Gasteiger partial charge in [-0.25, -0.2) is 9.59 Å². The molecular weight excluding hydrogens is 448 g/mol. The molecule has 0 unspecified atom stereocenters. The van der Waals surface area contributed by atoms with Gasteiger partial charge >= 0.3 is 11.9 Å². The number of benzene rings is 3. The number of carbonyl (C=O) groups excluding carboxylic acids is 2. The first kappa shape index (κ1) is 26.9. The highest BCUT2D eigenvalue weighted by Crippen LogP contribution is 2.19. The number of nitrogens with one attached hydrogen (secondary N) is 1. The molecule has 182 valence electrons. The average Bonchev–Trinajstić information content (AvgIpc) is 2.85. The second-order valence-electron chi connectivity index (χ2n) is 7.74. The molecule has 3 aromatic rings. The van der Waals surface area contributed by atoms with Crippen molar-refractivity contribution in [3.05, 3.63) is 101 Å². The van der Waals surface area contributed by atoms with Gasteiger partial charge in [0.1, 0.15) is 0 Å². The second-order valence-corrected chi connectivity index (χ2v) is 7.74. The lowest BCUT2D eigenvalue weighted by molar-refractivity contribution is -0.159. The maximum atomic E-state index is 12.8. The molecule has 0 spiro atoms. The zero-order valence-electron chi connectivity index (χ0n) is 19.6. The van der Waals surface area contributed by atoms with Crippen LogP contribution in [-0.4, -0.2) is 52.3 Å². The minimum absolute atomic E-state index is 0.106. The monoisotopic (exact) mass is 476 g/mol. The molecule has 3 rings (SSSR count). The van der Waals surface area contributed by atoms with Gasteiger partial charge in [-0.1, -0.05) is 73.7 Å². The van der Waals surface area contributed by atoms with Gasteiger partial charge in [0.2, 0.25) is 5.91 Å². The van der Waals surface area contributed by atoms with Gasteiger partial charge in [-0.15, -0.1) is 0 Å². The highest BCUT2D eigenvalue weighted by molar-refractivity contribution is 6.27. The summed E-state index contributed by atoms with van der Waals surface area (Å²) >= 11 is 0. The fourth-order valence-electron chi connectivity index (χ4n) is 3.22. The standard InChI is InChI=1S/C25H26N2O2.C2H2O4/c1-3-19-13-15-20(16-14-19)17-27(2)18-24(28)26-23-12-8-7-11-22(23)25(29)21-9-5-4-6-10-21;3-1(4)2(5)6/h4-16H,3,17-18H2,1-2H3,(H,26,28);(H,3,4)(H,5,6). The number of likely N-dealkylation sites (N-methyl/N-ethyl adjacent to an activating group) is 1. The summed E-state index contributed by atoms with van der Waals surface area (Å²) in [6.45, 7) is 3.05. The summed E-state index contributed by atoms with van der Waals surface area (Å²) in [4.78, 5) is 45.5. The van der Waals surface area contributed by atoms with E-state index in [0.717, 1.165) is 12.0 Å². The van der Waals surface area contributed by atoms with E-state index >= 15 is 0 Å². The third-order valence-corrected chi connectivity index (χ3v) is 4.96. The minimum atomic E-state index is -1.82. The lowest BCUT2D eigenvalue weighted by atomic mass is 10.0. The number of anilines is 1. The fourth-order valence-corrected chi connectivity index (χ4v) is 3.22. The number of ketones is 1. The first-order chi connectivity index (χ1) is 16.7. The SMILES string of the molecule is CCc1ccc(CN(C)CC(=O)Nc2ccccc2C(=O)c2ccccc2)cc1.O=C(O)C(=O)O. The predicted molar refractivity (Wildman–Crippen MR) is 132 cm³/mol. The molecule has 1 amide bonds. The third-order valence-electron chi connectivity index (χ3n) is 4.96. The van der Waals surface area contributed by atoms with Crippen molar-refractivity contribution in [2.45, 2.75) is 19.9 Å². The van der Waals surface area contributed by atoms with E-state index in [1.54, 1.807) is 30.3 Å². The molecule has 0 fully saturated rings. The largest absolute Gasteiger partial charge is 0.473 e. The van der Waals surface area contributed by atoms with Crippen LogP contribution >= 0.6 is 0 Å². The molecule has 8 heteroatoms. The van der Waals surface area contributed by atoms with E-state index in [2.05, 4.69) is 36.5 Å². The number of carboxylic acids is 2. The Balaban J connectivity index is 0.000000641. The molecule has 3 aromatic carbocycles. The van der Waals surface area contributed by atoms with Gasteiger partial charge in [-0.05, 0) is 36.7 Å². The van der Waals surface area contributed by atoms with Crippen LogP contribution in [0.2, 0.25) is 0 Å². The highest BCUT2D eigenvalue weighted by atomic mass is 16.4. The average molecular weight is 477 g/mol. The van der Waals surface area contributed by atoms with Gasteiger partial charge < -0.3 is 15.5 Å². The Morgan fingerprint density at radius 1 is 0.771 bits per heavy atom. The lowest BCUT2D eigenvalue weighted by Gasteiger charge is -2.17. The van der Waals surface area contributed by atoms with Crippen LogP contribution in [0.25, 0.3) is 0 Å². The van der Waals surface area contributed by atoms with Gasteiger partial charge in [0.05, 0.1) is 12.2 Å². The van der Waals surface area contributed by atoms with Crippen LogP contribution in [0.4, 0.5) is 5.69 Å². The van der Waals surface area contributed by atoms with Gasteiger partial charge in [-0.3, -0.25) is 14.5 Å². The van der Waals surface area contributed by atoms with E-state index in [0.29, 0.717) is 23.4 Å². The Morgan fingerprint density at radius 2 is 1.31 bits per heavy atom. The van der Waals surface area contributed by atoms with Gasteiger partial charge in [0.15, 0.2) is 5.78 Å². The van der Waals surface area contributed by atoms with E-state index in [-0.39, 0.29) is 18.2 Å². The number of carboxylic acid groups (broad SMARTS) is 2. The van der Waals surface area contributed by atoms with Crippen molar-refractivity contribution < 1.29 is 29.4 Å². The number of hydrogen-bond acceptors (Lipinski definition) is 5. The van der Waals surface area contributed by atoms with Crippen molar-refractivity contribution in [1.82, 2.24) is 4.90 Å². The Morgan fingerprint density at radius 3 is 1.89 bits per heavy atom. The molecule has 35 heavy (non-hydrogen) atoms. The van der Waals surface area contributed by atoms with Crippen molar-refractivity contribution in [2.75, 3.05) is 18.9 Å². The van der Waals surface area contributed by atoms with E-state index in [4.69, 9.17) is 19.8 Å². The topological polar surface area (TPSA) is 124 Å². The fraction of sp³-hybridized carbons (Fsp3) is 0.185. The molecule has 0 aliphatic rings. The van der Waals surface area contributed by atoms with E-state index in [1.807, 2.05) is 36.2 Å². The zero-order valence-corrected chi connectivity index (χ0v) is 19.6. The summed E-state index contributed by atoms with van der Waals surface area (Å²) in [6, 6.07) is 24.6. The van der Waals surface area contributed by atoms with Crippen LogP contribution in [0.3, 0.4) is 0 Å². The molecule has 0 aliphatic carbocycles. The van der Waals surface area contributed by atoms with Crippen LogP contribution in [0, 0.1) is 0 Å². The van der Waals surface area contributed by atoms with Crippen LogP contribution in [0.5, 0.6) is 0 Å². The van der Waals surface area contributed by atoms with Crippen LogP contribution in [0.1, 0.15) is 34.0 Å². The second kappa shape index (κ2) is 13.4. The number of amides is 1. The maximum Gasteiger partial charge on any atom is 0.414 e. The van der Waals surface area contributed by atoms with Crippen molar-refractivity contribution in [3.8, 4) is 0 Å². The molecule has 0 bridgehead atoms. The van der Waals surface area contributed by atoms with Crippen molar-refractivity contribution in [3.63, 3.8) is 0 Å². The summed E-state index contributed by atoms with van der Waals surface area (Å²) in [5.41, 5.74) is 4.09. The number of aliphatic carboxylic acids is 2. The van der Waals surface area contributed by atoms with Crippen molar-refractivity contribution in [2.24, 2.45) is 0 Å². The molecule has 0 radical (unpaired) electrons. The molecule has 0 atom stereocenters. The normalized spacial score (nSPS) is 10.1. The van der Waals surface area contributed by atoms with Crippen molar-refractivity contribution >= 4 is 29.3 Å². The number of rotatable bonds is 8. The Bertz CT molecular complexity index is 1150. The maximum absolute atomic E-state index is 12.8. The third kappa shape index (κ3) is 8.87. The van der Waals surface area contributed by atoms with Crippen molar-refractivity contribution in [1.29, 1.82) is 0 Å². The van der Waals surface area contributed by atoms with Gasteiger partial charge in [0, 0.05) is 17.7 Å². The Hall–Kier alpha value is -4.30. The molecule has 0 aromatic heterocycles. The van der Waals surface area contributed by atoms with Crippen LogP contribution in [-0.2, 0) is 27.3 Å². The molecule has 0 saturated carbocycles. The first-order valence-electron chi connectivity index (χ1n) is 10.9. The Labute approximate surface area is 203 Å². The predicted octanol–water partition coefficient (Wildman–Crippen LogP) is 3.71. The summed E-state index contributed by atoms with van der Waals surface area (Å²) in [6.07, 6.45) is 1.01. The summed E-state index contributed by atoms with van der Waals surface area (Å²) in [7, 11) is 1.91. The van der Waals surface area contributed by atoms with Crippen LogP contribution in [0.15, 0.2) is 78.9 Å². The summed E-state index contributed by atoms with van der Waals surface area (Å²) in [5.74, 6) is -3.90. The smallest absolute Gasteiger partial charge is 0.414 e. The molecule has 0 heterocycles. The zero-order chi connectivity index (χ0) is 25.8. The first-order valence-corrected chi connectivity index (χ1v) is 10.9. The van der Waals surface area contributed by atoms with E-state index in [9.17, 15) is 9.59 Å². The number of aryl methyl sites for hydroxylation is 1. The molecule has 0 saturated heterocycles. The lowest BCUT2D eigenvalue weighted by Crippen LogP contribution is -2.30. The minimum Gasteiger partial charge on any atom is -0.473 e. The summed E-state index contributed by atoms with van der Waals surface area (Å²) < 4.78 is 0. The van der Waals surface area contributed by atoms with E-state index < -0.39 is 11.9 Å².